The van der Waals surface area contributed by atoms with E-state index in [0.29, 0.717) is 12.1 Å². The lowest BCUT2D eigenvalue weighted by atomic mass is 10.0. The van der Waals surface area contributed by atoms with Gasteiger partial charge in [0.25, 0.3) is 0 Å². The zero-order chi connectivity index (χ0) is 13.8. The molecule has 0 aliphatic carbocycles. The molecule has 1 aromatic rings. The van der Waals surface area contributed by atoms with Crippen LogP contribution >= 0.6 is 11.6 Å². The van der Waals surface area contributed by atoms with Gasteiger partial charge in [0, 0.05) is 25.7 Å². The van der Waals surface area contributed by atoms with Gasteiger partial charge in [-0.15, -0.1) is 0 Å². The third kappa shape index (κ3) is 3.50. The van der Waals surface area contributed by atoms with Gasteiger partial charge in [0.15, 0.2) is 0 Å². The maximum atomic E-state index is 6.41. The van der Waals surface area contributed by atoms with Gasteiger partial charge in [-0.25, -0.2) is 0 Å². The predicted molar refractivity (Wildman–Crippen MR) is 77.6 cm³/mol. The second kappa shape index (κ2) is 6.73. The Bertz CT molecular complexity index is 419. The van der Waals surface area contributed by atoms with Crippen LogP contribution in [0.5, 0.6) is 0 Å². The fourth-order valence-corrected chi connectivity index (χ4v) is 2.95. The monoisotopic (exact) mass is 285 g/mol. The highest BCUT2D eigenvalue weighted by Gasteiger charge is 2.20. The Morgan fingerprint density at radius 1 is 1.47 bits per heavy atom. The molecule has 0 radical (unpaired) electrons. The van der Waals surface area contributed by atoms with E-state index < -0.39 is 0 Å². The first kappa shape index (κ1) is 14.8. The van der Waals surface area contributed by atoms with Gasteiger partial charge in [-0.1, -0.05) is 18.5 Å². The number of ether oxygens (including phenoxy) is 1. The molecule has 0 amide bonds. The van der Waals surface area contributed by atoms with Crippen LogP contribution in [0.3, 0.4) is 0 Å². The van der Waals surface area contributed by atoms with Crippen molar-refractivity contribution in [1.29, 1.82) is 0 Å². The summed E-state index contributed by atoms with van der Waals surface area (Å²) >= 11 is 6.41. The first-order valence-corrected chi connectivity index (χ1v) is 7.62. The molecule has 1 saturated heterocycles. The van der Waals surface area contributed by atoms with Crippen LogP contribution < -0.4 is 5.32 Å². The van der Waals surface area contributed by atoms with E-state index in [1.54, 1.807) is 0 Å². The fraction of sp³-hybridized carbons (Fsp3) is 0.786. The van der Waals surface area contributed by atoms with Crippen molar-refractivity contribution >= 4 is 11.6 Å². The smallest absolute Gasteiger partial charge is 0.0863 e. The minimum absolute atomic E-state index is 0.351. The molecule has 2 unspecified atom stereocenters. The summed E-state index contributed by atoms with van der Waals surface area (Å²) in [5, 5.41) is 8.97. The third-order valence-corrected chi connectivity index (χ3v) is 4.17. The molecule has 2 rings (SSSR count). The van der Waals surface area contributed by atoms with Crippen LogP contribution in [0.4, 0.5) is 0 Å². The minimum atomic E-state index is 0.351. The Kier molecular flexibility index (Phi) is 5.25. The van der Waals surface area contributed by atoms with Crippen molar-refractivity contribution in [2.24, 2.45) is 0 Å². The number of nitrogens with one attached hydrogen (secondary N) is 1. The summed E-state index contributed by atoms with van der Waals surface area (Å²) in [5.74, 6) is 0. The molecule has 2 atom stereocenters. The molecule has 1 aromatic heterocycles. The van der Waals surface area contributed by atoms with Gasteiger partial charge in [0.2, 0.25) is 0 Å². The third-order valence-electron chi connectivity index (χ3n) is 3.74. The van der Waals surface area contributed by atoms with Gasteiger partial charge < -0.3 is 10.1 Å². The second-order valence-corrected chi connectivity index (χ2v) is 5.54. The number of halogens is 1. The lowest BCUT2D eigenvalue weighted by Gasteiger charge is -2.28. The van der Waals surface area contributed by atoms with E-state index in [4.69, 9.17) is 16.3 Å². The molecule has 0 aromatic carbocycles. The number of nitrogens with zero attached hydrogens (tertiary/aromatic N) is 2. The van der Waals surface area contributed by atoms with Crippen LogP contribution in [0.25, 0.3) is 0 Å². The molecule has 1 N–H and O–H groups in total. The SMILES string of the molecule is CCc1nn(CC)c(CNC2CCOC(C)C2)c1Cl. The summed E-state index contributed by atoms with van der Waals surface area (Å²) in [6, 6.07) is 0.519. The summed E-state index contributed by atoms with van der Waals surface area (Å²) in [4.78, 5) is 0. The summed E-state index contributed by atoms with van der Waals surface area (Å²) < 4.78 is 7.58. The van der Waals surface area contributed by atoms with Crippen LogP contribution in [0.2, 0.25) is 5.02 Å². The van der Waals surface area contributed by atoms with Crippen molar-refractivity contribution < 1.29 is 4.74 Å². The van der Waals surface area contributed by atoms with Crippen LogP contribution in [-0.4, -0.2) is 28.5 Å². The lowest BCUT2D eigenvalue weighted by Crippen LogP contribution is -2.38. The normalized spacial score (nSPS) is 23.8. The molecule has 108 valence electrons. The number of aryl methyl sites for hydroxylation is 2. The van der Waals surface area contributed by atoms with Gasteiger partial charge in [0.1, 0.15) is 0 Å². The molecule has 5 heteroatoms. The summed E-state index contributed by atoms with van der Waals surface area (Å²) in [7, 11) is 0. The van der Waals surface area contributed by atoms with Crippen LogP contribution in [0, 0.1) is 0 Å². The second-order valence-electron chi connectivity index (χ2n) is 5.16. The van der Waals surface area contributed by atoms with E-state index in [9.17, 15) is 0 Å². The Hall–Kier alpha value is -0.580. The van der Waals surface area contributed by atoms with Crippen molar-refractivity contribution in [3.63, 3.8) is 0 Å². The molecule has 0 bridgehead atoms. The highest BCUT2D eigenvalue weighted by Crippen LogP contribution is 2.22. The molecule has 1 aliphatic rings. The molecule has 4 nitrogen and oxygen atoms in total. The van der Waals surface area contributed by atoms with E-state index in [1.807, 2.05) is 4.68 Å². The number of aromatic nitrogens is 2. The largest absolute Gasteiger partial charge is 0.378 e. The topological polar surface area (TPSA) is 39.1 Å². The van der Waals surface area contributed by atoms with E-state index in [0.717, 1.165) is 55.4 Å². The first-order chi connectivity index (χ1) is 9.15. The van der Waals surface area contributed by atoms with Crippen molar-refractivity contribution in [2.45, 2.75) is 65.3 Å². The van der Waals surface area contributed by atoms with Gasteiger partial charge in [-0.2, -0.15) is 5.10 Å². The highest BCUT2D eigenvalue weighted by atomic mass is 35.5. The van der Waals surface area contributed by atoms with Crippen LogP contribution in [0.15, 0.2) is 0 Å². The highest BCUT2D eigenvalue weighted by molar-refractivity contribution is 6.31. The Morgan fingerprint density at radius 3 is 2.89 bits per heavy atom. The van der Waals surface area contributed by atoms with Gasteiger partial charge >= 0.3 is 0 Å². The van der Waals surface area contributed by atoms with Crippen molar-refractivity contribution in [3.05, 3.63) is 16.4 Å². The van der Waals surface area contributed by atoms with Gasteiger partial charge in [0.05, 0.1) is 22.5 Å². The van der Waals surface area contributed by atoms with E-state index in [1.165, 1.54) is 0 Å². The van der Waals surface area contributed by atoms with Crippen LogP contribution in [-0.2, 0) is 24.2 Å². The maximum Gasteiger partial charge on any atom is 0.0863 e. The lowest BCUT2D eigenvalue weighted by molar-refractivity contribution is 0.0129. The average molecular weight is 286 g/mol. The predicted octanol–water partition coefficient (Wildman–Crippen LogP) is 2.78. The molecular formula is C14H24ClN3O. The Morgan fingerprint density at radius 2 is 2.26 bits per heavy atom. The maximum absolute atomic E-state index is 6.41. The average Bonchev–Trinajstić information content (AvgIpc) is 2.72. The zero-order valence-electron chi connectivity index (χ0n) is 12.1. The minimum Gasteiger partial charge on any atom is -0.378 e. The Labute approximate surface area is 120 Å². The van der Waals surface area contributed by atoms with Crippen molar-refractivity contribution in [2.75, 3.05) is 6.61 Å². The molecule has 1 aliphatic heterocycles. The molecular weight excluding hydrogens is 262 g/mol. The molecule has 19 heavy (non-hydrogen) atoms. The summed E-state index contributed by atoms with van der Waals surface area (Å²) in [6.07, 6.45) is 3.37. The molecule has 0 saturated carbocycles. The van der Waals surface area contributed by atoms with E-state index in [-0.39, 0.29) is 0 Å². The summed E-state index contributed by atoms with van der Waals surface area (Å²) in [6.45, 7) is 8.82. The molecule has 0 spiro atoms. The number of hydrogen-bond donors (Lipinski definition) is 1. The van der Waals surface area contributed by atoms with Crippen LogP contribution in [0.1, 0.15) is 45.0 Å². The molecule has 1 fully saturated rings. The number of hydrogen-bond acceptors (Lipinski definition) is 3. The van der Waals surface area contributed by atoms with Crippen molar-refractivity contribution in [1.82, 2.24) is 15.1 Å². The summed E-state index contributed by atoms with van der Waals surface area (Å²) in [5.41, 5.74) is 2.11. The fourth-order valence-electron chi connectivity index (χ4n) is 2.61. The zero-order valence-corrected chi connectivity index (χ0v) is 12.8. The van der Waals surface area contributed by atoms with Gasteiger partial charge in [-0.05, 0) is 33.1 Å². The Balaban J connectivity index is 2.00. The number of rotatable bonds is 5. The molecule has 2 heterocycles. The van der Waals surface area contributed by atoms with E-state index in [2.05, 4.69) is 31.2 Å². The van der Waals surface area contributed by atoms with E-state index >= 15 is 0 Å². The first-order valence-electron chi connectivity index (χ1n) is 7.24. The quantitative estimate of drug-likeness (QED) is 0.904. The van der Waals surface area contributed by atoms with Gasteiger partial charge in [-0.3, -0.25) is 4.68 Å². The van der Waals surface area contributed by atoms with Crippen molar-refractivity contribution in [3.8, 4) is 0 Å². The standard InChI is InChI=1S/C14H24ClN3O/c1-4-12-14(15)13(18(5-2)17-12)9-16-11-6-7-19-10(3)8-11/h10-11,16H,4-9H2,1-3H3.